The van der Waals surface area contributed by atoms with Gasteiger partial charge in [-0.05, 0) is 18.1 Å². The first-order valence-corrected chi connectivity index (χ1v) is 6.54. The molecular formula is C14H15NO2S. The first-order valence-electron chi connectivity index (χ1n) is 5.56. The molecule has 4 heteroatoms. The lowest BCUT2D eigenvalue weighted by molar-refractivity contribution is -0.109. The molecule has 1 aromatic rings. The lowest BCUT2D eigenvalue weighted by Gasteiger charge is -2.04. The summed E-state index contributed by atoms with van der Waals surface area (Å²) < 4.78 is 5.13. The molecule has 18 heavy (non-hydrogen) atoms. The van der Waals surface area contributed by atoms with Gasteiger partial charge < -0.3 is 4.74 Å². The summed E-state index contributed by atoms with van der Waals surface area (Å²) in [5.41, 5.74) is 1.38. The van der Waals surface area contributed by atoms with E-state index >= 15 is 0 Å². The summed E-state index contributed by atoms with van der Waals surface area (Å²) in [4.78, 5) is 10.7. The van der Waals surface area contributed by atoms with Crippen LogP contribution in [0.25, 0.3) is 6.08 Å². The Morgan fingerprint density at radius 2 is 2.33 bits per heavy atom. The molecule has 0 aliphatic heterocycles. The number of carbonyl (C=O) groups excluding carboxylic acids is 1. The summed E-state index contributed by atoms with van der Waals surface area (Å²) in [6.07, 6.45) is 4.65. The van der Waals surface area contributed by atoms with Gasteiger partial charge in [-0.2, -0.15) is 5.26 Å². The molecule has 0 spiro atoms. The maximum atomic E-state index is 10.7. The number of hydrogen-bond acceptors (Lipinski definition) is 4. The van der Waals surface area contributed by atoms with Crippen molar-refractivity contribution in [3.05, 3.63) is 35.4 Å². The zero-order valence-electron chi connectivity index (χ0n) is 10.5. The van der Waals surface area contributed by atoms with Crippen molar-refractivity contribution in [2.24, 2.45) is 0 Å². The van der Waals surface area contributed by atoms with Gasteiger partial charge in [-0.25, -0.2) is 0 Å². The summed E-state index contributed by atoms with van der Waals surface area (Å²) in [6, 6.07) is 7.63. The zero-order chi connectivity index (χ0) is 13.4. The van der Waals surface area contributed by atoms with Crippen molar-refractivity contribution in [1.82, 2.24) is 0 Å². The number of thioether (sulfide) groups is 1. The van der Waals surface area contributed by atoms with E-state index in [1.807, 2.05) is 24.3 Å². The molecule has 0 heterocycles. The van der Waals surface area contributed by atoms with E-state index in [9.17, 15) is 4.79 Å². The van der Waals surface area contributed by atoms with E-state index in [4.69, 9.17) is 10.00 Å². The maximum absolute atomic E-state index is 10.7. The van der Waals surface area contributed by atoms with Crippen LogP contribution in [0.2, 0.25) is 0 Å². The molecule has 0 fully saturated rings. The molecule has 0 unspecified atom stereocenters. The monoisotopic (exact) mass is 261 g/mol. The van der Waals surface area contributed by atoms with E-state index in [-0.39, 0.29) is 5.12 Å². The fourth-order valence-electron chi connectivity index (χ4n) is 1.46. The summed E-state index contributed by atoms with van der Waals surface area (Å²) in [7, 11) is 1.55. The quantitative estimate of drug-likeness (QED) is 0.763. The van der Waals surface area contributed by atoms with Gasteiger partial charge >= 0.3 is 0 Å². The molecule has 0 radical (unpaired) electrons. The largest absolute Gasteiger partial charge is 0.495 e. The van der Waals surface area contributed by atoms with Gasteiger partial charge in [-0.1, -0.05) is 36.0 Å². The molecule has 0 aliphatic carbocycles. The van der Waals surface area contributed by atoms with Gasteiger partial charge in [-0.3, -0.25) is 4.79 Å². The van der Waals surface area contributed by atoms with Crippen molar-refractivity contribution in [3.63, 3.8) is 0 Å². The van der Waals surface area contributed by atoms with E-state index in [2.05, 4.69) is 6.07 Å². The average molecular weight is 261 g/mol. The smallest absolute Gasteiger partial charge is 0.185 e. The van der Waals surface area contributed by atoms with E-state index in [0.717, 1.165) is 17.7 Å². The number of nitriles is 1. The van der Waals surface area contributed by atoms with Crippen LogP contribution >= 0.6 is 11.8 Å². The number of hydrogen-bond donors (Lipinski definition) is 0. The molecule has 0 saturated carbocycles. The number of methoxy groups -OCH3 is 1. The average Bonchev–Trinajstić information content (AvgIpc) is 2.37. The second-order valence-corrected chi connectivity index (χ2v) is 4.84. The summed E-state index contributed by atoms with van der Waals surface area (Å²) in [5.74, 6) is 1.34. The standard InChI is InChI=1S/C14H15NO2S/c1-11(16)18-9-4-3-6-12-7-5-8-14(17-2)13(12)10-15/h3,5-8H,4,9H2,1-2H3. The summed E-state index contributed by atoms with van der Waals surface area (Å²) in [6.45, 7) is 1.56. The molecule has 1 aromatic carbocycles. The molecule has 0 atom stereocenters. The van der Waals surface area contributed by atoms with Gasteiger partial charge in [0.25, 0.3) is 0 Å². The van der Waals surface area contributed by atoms with Gasteiger partial charge in [0.05, 0.1) is 7.11 Å². The number of nitrogens with zero attached hydrogens (tertiary/aromatic N) is 1. The van der Waals surface area contributed by atoms with Gasteiger partial charge in [-0.15, -0.1) is 0 Å². The Kier molecular flexibility index (Phi) is 6.03. The Morgan fingerprint density at radius 3 is 2.94 bits per heavy atom. The lowest BCUT2D eigenvalue weighted by Crippen LogP contribution is -1.90. The first kappa shape index (κ1) is 14.3. The van der Waals surface area contributed by atoms with Crippen LogP contribution in [-0.4, -0.2) is 18.0 Å². The van der Waals surface area contributed by atoms with Crippen molar-refractivity contribution >= 4 is 23.0 Å². The van der Waals surface area contributed by atoms with Crippen molar-refractivity contribution in [2.45, 2.75) is 13.3 Å². The van der Waals surface area contributed by atoms with Crippen molar-refractivity contribution in [1.29, 1.82) is 5.26 Å². The summed E-state index contributed by atoms with van der Waals surface area (Å²) >= 11 is 1.30. The molecule has 3 nitrogen and oxygen atoms in total. The number of allylic oxidation sites excluding steroid dienone is 1. The molecule has 0 N–H and O–H groups in total. The van der Waals surface area contributed by atoms with Crippen LogP contribution in [0.3, 0.4) is 0 Å². The Balaban J connectivity index is 2.70. The highest BCUT2D eigenvalue weighted by Crippen LogP contribution is 2.22. The Morgan fingerprint density at radius 1 is 1.56 bits per heavy atom. The molecule has 0 bridgehead atoms. The normalized spacial score (nSPS) is 10.3. The predicted octanol–water partition coefficient (Wildman–Crippen LogP) is 3.25. The molecule has 0 aliphatic rings. The number of benzene rings is 1. The van der Waals surface area contributed by atoms with Crippen LogP contribution < -0.4 is 4.74 Å². The molecule has 94 valence electrons. The second-order valence-electron chi connectivity index (χ2n) is 3.57. The van der Waals surface area contributed by atoms with Gasteiger partial charge in [0.1, 0.15) is 17.4 Å². The number of rotatable bonds is 5. The Hall–Kier alpha value is -1.73. The third-order valence-electron chi connectivity index (χ3n) is 2.28. The minimum Gasteiger partial charge on any atom is -0.495 e. The highest BCUT2D eigenvalue weighted by molar-refractivity contribution is 8.13. The lowest BCUT2D eigenvalue weighted by atomic mass is 10.1. The fraction of sp³-hybridized carbons (Fsp3) is 0.286. The van der Waals surface area contributed by atoms with Gasteiger partial charge in [0, 0.05) is 12.7 Å². The molecule has 0 aromatic heterocycles. The first-order chi connectivity index (χ1) is 8.69. The predicted molar refractivity (Wildman–Crippen MR) is 74.5 cm³/mol. The van der Waals surface area contributed by atoms with Crippen molar-refractivity contribution in [3.8, 4) is 11.8 Å². The number of ether oxygens (including phenoxy) is 1. The van der Waals surface area contributed by atoms with Crippen molar-refractivity contribution < 1.29 is 9.53 Å². The SMILES string of the molecule is COc1cccc(C=CCCSC(C)=O)c1C#N. The van der Waals surface area contributed by atoms with Crippen LogP contribution in [0.1, 0.15) is 24.5 Å². The van der Waals surface area contributed by atoms with E-state index in [1.165, 1.54) is 11.8 Å². The molecule has 0 amide bonds. The van der Waals surface area contributed by atoms with Gasteiger partial charge in [0.2, 0.25) is 0 Å². The second kappa shape index (κ2) is 7.57. The Labute approximate surface area is 111 Å². The third kappa shape index (κ3) is 4.27. The minimum atomic E-state index is 0.127. The summed E-state index contributed by atoms with van der Waals surface area (Å²) in [5, 5.41) is 9.22. The van der Waals surface area contributed by atoms with Crippen LogP contribution in [-0.2, 0) is 4.79 Å². The maximum Gasteiger partial charge on any atom is 0.185 e. The highest BCUT2D eigenvalue weighted by Gasteiger charge is 2.05. The van der Waals surface area contributed by atoms with E-state index in [0.29, 0.717) is 11.3 Å². The van der Waals surface area contributed by atoms with Crippen LogP contribution in [0.4, 0.5) is 0 Å². The van der Waals surface area contributed by atoms with Crippen LogP contribution in [0.15, 0.2) is 24.3 Å². The molecule has 1 rings (SSSR count). The van der Waals surface area contributed by atoms with Crippen molar-refractivity contribution in [2.75, 3.05) is 12.9 Å². The van der Waals surface area contributed by atoms with Gasteiger partial charge in [0.15, 0.2) is 5.12 Å². The minimum absolute atomic E-state index is 0.127. The van der Waals surface area contributed by atoms with Crippen LogP contribution in [0, 0.1) is 11.3 Å². The molecular weight excluding hydrogens is 246 g/mol. The molecule has 0 saturated heterocycles. The topological polar surface area (TPSA) is 50.1 Å². The van der Waals surface area contributed by atoms with E-state index in [1.54, 1.807) is 20.1 Å². The van der Waals surface area contributed by atoms with Crippen LogP contribution in [0.5, 0.6) is 5.75 Å². The fourth-order valence-corrected chi connectivity index (χ4v) is 2.00. The Bertz CT molecular complexity index is 489. The van der Waals surface area contributed by atoms with E-state index < -0.39 is 0 Å². The number of carbonyl (C=O) groups is 1. The zero-order valence-corrected chi connectivity index (χ0v) is 11.3. The highest BCUT2D eigenvalue weighted by atomic mass is 32.2. The third-order valence-corrected chi connectivity index (χ3v) is 3.12.